The number of nitrogens with one attached hydrogen (secondary N) is 1. The first-order valence-electron chi connectivity index (χ1n) is 7.19. The fourth-order valence-electron chi connectivity index (χ4n) is 2.12. The number of likely N-dealkylation sites (N-methyl/N-ethyl adjacent to an activating group) is 2. The molecule has 2 rings (SSSR count). The summed E-state index contributed by atoms with van der Waals surface area (Å²) >= 11 is 0. The van der Waals surface area contributed by atoms with E-state index in [1.165, 1.54) is 4.90 Å². The maximum absolute atomic E-state index is 12.0. The van der Waals surface area contributed by atoms with Crippen LogP contribution in [-0.4, -0.2) is 61.2 Å². The first kappa shape index (κ1) is 16.3. The number of hydrazine groups is 1. The van der Waals surface area contributed by atoms with E-state index in [0.717, 1.165) is 6.42 Å². The van der Waals surface area contributed by atoms with Crippen molar-refractivity contribution in [2.75, 3.05) is 44.6 Å². The van der Waals surface area contributed by atoms with Crippen LogP contribution >= 0.6 is 0 Å². The van der Waals surface area contributed by atoms with Gasteiger partial charge in [-0.15, -0.1) is 5.43 Å². The van der Waals surface area contributed by atoms with Crippen molar-refractivity contribution in [1.29, 1.82) is 0 Å². The topological polar surface area (TPSA) is 77.8 Å². The second-order valence-electron chi connectivity index (χ2n) is 5.50. The molecule has 1 unspecified atom stereocenters. The lowest BCUT2D eigenvalue weighted by Crippen LogP contribution is -2.35. The van der Waals surface area contributed by atoms with Gasteiger partial charge in [0, 0.05) is 25.7 Å². The third kappa shape index (κ3) is 4.22. The van der Waals surface area contributed by atoms with Crippen LogP contribution in [0.4, 0.5) is 11.5 Å². The zero-order chi connectivity index (χ0) is 16.1. The smallest absolute Gasteiger partial charge is 0.316 e. The molecule has 22 heavy (non-hydrogen) atoms. The molecule has 0 saturated carbocycles. The predicted octanol–water partition coefficient (Wildman–Crippen LogP) is 0.848. The highest BCUT2D eigenvalue weighted by atomic mass is 16.5. The first-order chi connectivity index (χ1) is 10.5. The molecule has 1 aliphatic heterocycles. The van der Waals surface area contributed by atoms with Crippen LogP contribution in [0.5, 0.6) is 0 Å². The summed E-state index contributed by atoms with van der Waals surface area (Å²) in [5.41, 5.74) is 3.29. The quantitative estimate of drug-likeness (QED) is 0.620. The number of hydrogen-bond acceptors (Lipinski definition) is 5. The van der Waals surface area contributed by atoms with E-state index < -0.39 is 6.23 Å². The first-order valence-corrected chi connectivity index (χ1v) is 7.19. The number of rotatable bonds is 6. The summed E-state index contributed by atoms with van der Waals surface area (Å²) < 4.78 is 5.31. The SMILES string of the molecule is CN(C)CC(=O)N(C)c1cc(N[N+](=O)C2CCCO2)ccn1. The summed E-state index contributed by atoms with van der Waals surface area (Å²) in [6, 6.07) is 3.33. The Kier molecular flexibility index (Phi) is 5.40. The molecular formula is C14H22N5O3+. The Morgan fingerprint density at radius 2 is 2.27 bits per heavy atom. The molecule has 8 heteroatoms. The lowest BCUT2D eigenvalue weighted by molar-refractivity contribution is -0.600. The van der Waals surface area contributed by atoms with Crippen LogP contribution in [0.25, 0.3) is 0 Å². The molecule has 1 fully saturated rings. The fraction of sp³-hybridized carbons (Fsp3) is 0.571. The molecule has 1 saturated heterocycles. The number of hydrogen-bond donors (Lipinski definition) is 1. The number of carbonyl (C=O) groups is 1. The van der Waals surface area contributed by atoms with Gasteiger partial charge in [0.1, 0.15) is 11.5 Å². The Balaban J connectivity index is 2.02. The largest absolute Gasteiger partial charge is 0.337 e. The molecule has 0 spiro atoms. The fourth-order valence-corrected chi connectivity index (χ4v) is 2.12. The van der Waals surface area contributed by atoms with Gasteiger partial charge < -0.3 is 9.64 Å². The number of nitroso groups, excluding NO2 is 1. The molecule has 1 aliphatic rings. The molecule has 1 aromatic heterocycles. The molecule has 8 nitrogen and oxygen atoms in total. The average molecular weight is 308 g/mol. The van der Waals surface area contributed by atoms with Crippen LogP contribution in [0.1, 0.15) is 12.8 Å². The van der Waals surface area contributed by atoms with Gasteiger partial charge in [-0.2, -0.15) is 0 Å². The summed E-state index contributed by atoms with van der Waals surface area (Å²) in [7, 11) is 5.31. The van der Waals surface area contributed by atoms with Crippen molar-refractivity contribution in [2.24, 2.45) is 0 Å². The van der Waals surface area contributed by atoms with Crippen LogP contribution in [0.3, 0.4) is 0 Å². The van der Waals surface area contributed by atoms with Gasteiger partial charge in [-0.25, -0.2) is 4.98 Å². The zero-order valence-corrected chi connectivity index (χ0v) is 13.2. The van der Waals surface area contributed by atoms with Gasteiger partial charge in [-0.3, -0.25) is 9.69 Å². The molecule has 120 valence electrons. The second kappa shape index (κ2) is 7.28. The van der Waals surface area contributed by atoms with E-state index in [1.807, 2.05) is 14.1 Å². The monoisotopic (exact) mass is 308 g/mol. The van der Waals surface area contributed by atoms with Crippen LogP contribution in [0, 0.1) is 4.91 Å². The number of ether oxygens (including phenoxy) is 1. The molecule has 0 aliphatic carbocycles. The summed E-state index contributed by atoms with van der Waals surface area (Å²) in [6.45, 7) is 0.897. The van der Waals surface area contributed by atoms with Crippen LogP contribution in [0.2, 0.25) is 0 Å². The van der Waals surface area contributed by atoms with Gasteiger partial charge in [0.05, 0.1) is 18.1 Å². The zero-order valence-electron chi connectivity index (χ0n) is 13.2. The van der Waals surface area contributed by atoms with Gasteiger partial charge in [0.15, 0.2) is 4.87 Å². The van der Waals surface area contributed by atoms with E-state index in [1.54, 1.807) is 30.3 Å². The second-order valence-corrected chi connectivity index (χ2v) is 5.50. The number of anilines is 2. The Hall–Kier alpha value is -2.06. The van der Waals surface area contributed by atoms with Gasteiger partial charge >= 0.3 is 6.23 Å². The predicted molar refractivity (Wildman–Crippen MR) is 82.4 cm³/mol. The standard InChI is InChI=1S/C14H22N5O3/c1-17(2)10-13(20)18(3)12-9-11(6-7-15-12)16-19(21)14-5-4-8-22-14/h6-7,9,14H,4-5,8,10H2,1-3H3,(H,15,16,21)/q+1. The van der Waals surface area contributed by atoms with Crippen LogP contribution < -0.4 is 10.3 Å². The lowest BCUT2D eigenvalue weighted by Gasteiger charge is -2.18. The van der Waals surface area contributed by atoms with Crippen molar-refractivity contribution in [2.45, 2.75) is 19.1 Å². The molecule has 2 heterocycles. The molecule has 0 bridgehead atoms. The third-order valence-corrected chi connectivity index (χ3v) is 3.32. The molecule has 1 atom stereocenters. The van der Waals surface area contributed by atoms with Gasteiger partial charge in [0.25, 0.3) is 0 Å². The number of carbonyl (C=O) groups excluding carboxylic acids is 1. The van der Waals surface area contributed by atoms with E-state index in [2.05, 4.69) is 10.4 Å². The van der Waals surface area contributed by atoms with Crippen molar-refractivity contribution in [1.82, 2.24) is 9.88 Å². The summed E-state index contributed by atoms with van der Waals surface area (Å²) in [6.07, 6.45) is 2.68. The average Bonchev–Trinajstić information content (AvgIpc) is 3.00. The van der Waals surface area contributed by atoms with Crippen LogP contribution in [0.15, 0.2) is 18.3 Å². The Morgan fingerprint density at radius 1 is 1.50 bits per heavy atom. The van der Waals surface area contributed by atoms with E-state index in [4.69, 9.17) is 4.74 Å². The van der Waals surface area contributed by atoms with Gasteiger partial charge in [0.2, 0.25) is 5.91 Å². The molecular weight excluding hydrogens is 286 g/mol. The molecule has 0 radical (unpaired) electrons. The minimum atomic E-state index is -0.468. The van der Waals surface area contributed by atoms with E-state index in [9.17, 15) is 9.70 Å². The summed E-state index contributed by atoms with van der Waals surface area (Å²) in [5, 5.41) is 0. The van der Waals surface area contributed by atoms with Crippen molar-refractivity contribution in [3.63, 3.8) is 0 Å². The van der Waals surface area contributed by atoms with Crippen molar-refractivity contribution in [3.8, 4) is 0 Å². The highest BCUT2D eigenvalue weighted by Crippen LogP contribution is 2.18. The normalized spacial score (nSPS) is 17.5. The number of aromatic nitrogens is 1. The highest BCUT2D eigenvalue weighted by Gasteiger charge is 2.31. The summed E-state index contributed by atoms with van der Waals surface area (Å²) in [4.78, 5) is 32.1. The van der Waals surface area contributed by atoms with Crippen LogP contribution in [-0.2, 0) is 9.53 Å². The number of nitrogens with zero attached hydrogens (tertiary/aromatic N) is 4. The van der Waals surface area contributed by atoms with E-state index in [0.29, 0.717) is 35.9 Å². The third-order valence-electron chi connectivity index (χ3n) is 3.32. The van der Waals surface area contributed by atoms with Crippen molar-refractivity contribution >= 4 is 17.4 Å². The molecule has 1 amide bonds. The maximum atomic E-state index is 12.0. The molecule has 0 aromatic carbocycles. The van der Waals surface area contributed by atoms with Gasteiger partial charge in [-0.05, 0) is 26.6 Å². The molecule has 1 aromatic rings. The van der Waals surface area contributed by atoms with E-state index in [-0.39, 0.29) is 5.91 Å². The number of amides is 1. The highest BCUT2D eigenvalue weighted by molar-refractivity contribution is 5.93. The Bertz CT molecular complexity index is 543. The Labute approximate surface area is 129 Å². The van der Waals surface area contributed by atoms with Crippen molar-refractivity contribution in [3.05, 3.63) is 23.2 Å². The molecule has 1 N–H and O–H groups in total. The van der Waals surface area contributed by atoms with E-state index >= 15 is 0 Å². The lowest BCUT2D eigenvalue weighted by atomic mass is 10.3. The van der Waals surface area contributed by atoms with Crippen molar-refractivity contribution < 1.29 is 14.4 Å². The minimum Gasteiger partial charge on any atom is -0.316 e. The number of pyridine rings is 1. The van der Waals surface area contributed by atoms with Gasteiger partial charge in [-0.1, -0.05) is 0 Å². The summed E-state index contributed by atoms with van der Waals surface area (Å²) in [5.74, 6) is 0.408. The Morgan fingerprint density at radius 3 is 2.91 bits per heavy atom. The maximum Gasteiger partial charge on any atom is 0.337 e. The minimum absolute atomic E-state index is 0.0762.